The molecule has 1 saturated carbocycles. The summed E-state index contributed by atoms with van der Waals surface area (Å²) in [7, 11) is -0.807. The summed E-state index contributed by atoms with van der Waals surface area (Å²) in [5, 5.41) is 8.68. The van der Waals surface area contributed by atoms with Gasteiger partial charge in [-0.05, 0) is 24.7 Å². The topological polar surface area (TPSA) is 54.4 Å². The minimum atomic E-state index is -0.807. The van der Waals surface area contributed by atoms with Crippen molar-refractivity contribution in [2.75, 3.05) is 11.5 Å². The van der Waals surface area contributed by atoms with E-state index < -0.39 is 16.8 Å². The second-order valence-corrected chi connectivity index (χ2v) is 5.79. The van der Waals surface area contributed by atoms with Crippen molar-refractivity contribution in [3.63, 3.8) is 0 Å². The Morgan fingerprint density at radius 2 is 2.14 bits per heavy atom. The molecule has 3 nitrogen and oxygen atoms in total. The summed E-state index contributed by atoms with van der Waals surface area (Å²) in [5.41, 5.74) is -0.107. The van der Waals surface area contributed by atoms with Crippen LogP contribution in [-0.2, 0) is 15.6 Å². The summed E-state index contributed by atoms with van der Waals surface area (Å²) < 4.78 is 11.6. The van der Waals surface area contributed by atoms with E-state index in [1.165, 1.54) is 0 Å². The maximum atomic E-state index is 11.6. The molecule has 82 valence electrons. The Hall–Kier alpha value is -0.380. The maximum absolute atomic E-state index is 11.6. The minimum absolute atomic E-state index is 0.107. The molecule has 4 heteroatoms. The van der Waals surface area contributed by atoms with E-state index in [4.69, 9.17) is 5.11 Å². The van der Waals surface area contributed by atoms with Gasteiger partial charge in [0.1, 0.15) is 0 Å². The van der Waals surface area contributed by atoms with E-state index in [1.54, 1.807) is 0 Å². The van der Waals surface area contributed by atoms with Gasteiger partial charge in [-0.1, -0.05) is 13.3 Å². The van der Waals surface area contributed by atoms with Gasteiger partial charge in [0.15, 0.2) is 0 Å². The molecule has 14 heavy (non-hydrogen) atoms. The summed E-state index contributed by atoms with van der Waals surface area (Å²) in [5.74, 6) is 0.576. The molecule has 0 aromatic heterocycles. The highest BCUT2D eigenvalue weighted by Crippen LogP contribution is 2.49. The molecule has 1 atom stereocenters. The number of unbranched alkanes of at least 4 members (excludes halogenated alkanes) is 1. The third-order valence-electron chi connectivity index (χ3n) is 2.68. The molecule has 0 amide bonds. The molecule has 0 radical (unpaired) electrons. The van der Waals surface area contributed by atoms with E-state index in [-0.39, 0.29) is 11.8 Å². The van der Waals surface area contributed by atoms with Crippen molar-refractivity contribution in [3.05, 3.63) is 0 Å². The fourth-order valence-corrected chi connectivity index (χ4v) is 3.42. The van der Waals surface area contributed by atoms with E-state index in [2.05, 4.69) is 6.92 Å². The average Bonchev–Trinajstić information content (AvgIpc) is 2.80. The SMILES string of the molecule is CCCCS(=O)CC1(CC(=O)O)CC1. The number of carbonyl (C=O) groups is 1. The molecule has 0 aliphatic heterocycles. The number of carboxylic acid groups (broad SMARTS) is 1. The van der Waals surface area contributed by atoms with Gasteiger partial charge in [-0.25, -0.2) is 0 Å². The average molecular weight is 218 g/mol. The minimum Gasteiger partial charge on any atom is -0.481 e. The zero-order valence-corrected chi connectivity index (χ0v) is 9.44. The van der Waals surface area contributed by atoms with Crippen LogP contribution in [0.4, 0.5) is 0 Å². The number of rotatable bonds is 7. The van der Waals surface area contributed by atoms with Crippen LogP contribution in [0.25, 0.3) is 0 Å². The second-order valence-electron chi connectivity index (χ2n) is 4.21. The van der Waals surface area contributed by atoms with E-state index in [1.807, 2.05) is 0 Å². The second kappa shape index (κ2) is 4.91. The molecule has 1 N–H and O–H groups in total. The van der Waals surface area contributed by atoms with Gasteiger partial charge < -0.3 is 5.11 Å². The van der Waals surface area contributed by atoms with Crippen LogP contribution in [-0.4, -0.2) is 26.8 Å². The highest BCUT2D eigenvalue weighted by atomic mass is 32.2. The summed E-state index contributed by atoms with van der Waals surface area (Å²) in [6, 6.07) is 0. The predicted molar refractivity (Wildman–Crippen MR) is 56.7 cm³/mol. The predicted octanol–water partition coefficient (Wildman–Crippen LogP) is 1.79. The summed E-state index contributed by atoms with van der Waals surface area (Å²) in [6.07, 6.45) is 4.12. The largest absolute Gasteiger partial charge is 0.481 e. The van der Waals surface area contributed by atoms with Crippen LogP contribution in [0.1, 0.15) is 39.0 Å². The summed E-state index contributed by atoms with van der Waals surface area (Å²) in [4.78, 5) is 10.6. The zero-order valence-electron chi connectivity index (χ0n) is 8.62. The molecule has 0 aromatic rings. The van der Waals surface area contributed by atoms with Crippen molar-refractivity contribution < 1.29 is 14.1 Å². The normalized spacial score (nSPS) is 20.4. The van der Waals surface area contributed by atoms with Gasteiger partial charge in [0.05, 0.1) is 6.42 Å². The van der Waals surface area contributed by atoms with Crippen LogP contribution < -0.4 is 0 Å². The quantitative estimate of drug-likeness (QED) is 0.708. The van der Waals surface area contributed by atoms with E-state index in [0.717, 1.165) is 31.4 Å². The maximum Gasteiger partial charge on any atom is 0.303 e. The summed E-state index contributed by atoms with van der Waals surface area (Å²) >= 11 is 0. The molecular formula is C10H18O3S. The van der Waals surface area contributed by atoms with Crippen LogP contribution in [0.5, 0.6) is 0 Å². The van der Waals surface area contributed by atoms with Crippen molar-refractivity contribution in [2.24, 2.45) is 5.41 Å². The Bertz CT molecular complexity index is 234. The highest BCUT2D eigenvalue weighted by molar-refractivity contribution is 7.85. The van der Waals surface area contributed by atoms with E-state index >= 15 is 0 Å². The molecule has 0 spiro atoms. The fraction of sp³-hybridized carbons (Fsp3) is 0.900. The molecule has 1 unspecified atom stereocenters. The number of hydrogen-bond donors (Lipinski definition) is 1. The van der Waals surface area contributed by atoms with Crippen molar-refractivity contribution in [1.29, 1.82) is 0 Å². The first-order valence-corrected chi connectivity index (χ1v) is 6.63. The number of carboxylic acids is 1. The Balaban J connectivity index is 2.28. The van der Waals surface area contributed by atoms with Gasteiger partial charge >= 0.3 is 5.97 Å². The van der Waals surface area contributed by atoms with Gasteiger partial charge in [-0.15, -0.1) is 0 Å². The van der Waals surface area contributed by atoms with Crippen LogP contribution in [0, 0.1) is 5.41 Å². The lowest BCUT2D eigenvalue weighted by Crippen LogP contribution is -2.18. The molecule has 1 rings (SSSR count). The fourth-order valence-electron chi connectivity index (χ4n) is 1.59. The van der Waals surface area contributed by atoms with Crippen LogP contribution in [0.2, 0.25) is 0 Å². The Kier molecular flexibility index (Phi) is 4.11. The lowest BCUT2D eigenvalue weighted by Gasteiger charge is -2.11. The van der Waals surface area contributed by atoms with Crippen LogP contribution >= 0.6 is 0 Å². The monoisotopic (exact) mass is 218 g/mol. The molecule has 1 aliphatic carbocycles. The smallest absolute Gasteiger partial charge is 0.303 e. The lowest BCUT2D eigenvalue weighted by atomic mass is 10.1. The third-order valence-corrected chi connectivity index (χ3v) is 4.35. The van der Waals surface area contributed by atoms with E-state index in [9.17, 15) is 9.00 Å². The first-order valence-electron chi connectivity index (χ1n) is 5.15. The van der Waals surface area contributed by atoms with Crippen LogP contribution in [0.15, 0.2) is 0 Å². The first kappa shape index (κ1) is 11.7. The van der Waals surface area contributed by atoms with Crippen molar-refractivity contribution in [1.82, 2.24) is 0 Å². The zero-order chi connectivity index (χ0) is 10.6. The van der Waals surface area contributed by atoms with Gasteiger partial charge in [-0.2, -0.15) is 0 Å². The van der Waals surface area contributed by atoms with Gasteiger partial charge in [-0.3, -0.25) is 9.00 Å². The lowest BCUT2D eigenvalue weighted by molar-refractivity contribution is -0.138. The highest BCUT2D eigenvalue weighted by Gasteiger charge is 2.45. The molecule has 0 heterocycles. The molecular weight excluding hydrogens is 200 g/mol. The van der Waals surface area contributed by atoms with Crippen molar-refractivity contribution >= 4 is 16.8 Å². The van der Waals surface area contributed by atoms with Crippen LogP contribution in [0.3, 0.4) is 0 Å². The van der Waals surface area contributed by atoms with Gasteiger partial charge in [0.2, 0.25) is 0 Å². The van der Waals surface area contributed by atoms with Gasteiger partial charge in [0, 0.05) is 22.3 Å². The summed E-state index contributed by atoms with van der Waals surface area (Å²) in [6.45, 7) is 2.07. The number of aliphatic carboxylic acids is 1. The first-order chi connectivity index (χ1) is 6.58. The molecule has 1 fully saturated rings. The Morgan fingerprint density at radius 3 is 2.57 bits per heavy atom. The van der Waals surface area contributed by atoms with E-state index in [0.29, 0.717) is 5.75 Å². The third kappa shape index (κ3) is 3.78. The van der Waals surface area contributed by atoms with Crippen molar-refractivity contribution in [3.8, 4) is 0 Å². The Labute approximate surface area is 87.3 Å². The van der Waals surface area contributed by atoms with Crippen molar-refractivity contribution in [2.45, 2.75) is 39.0 Å². The standard InChI is InChI=1S/C10H18O3S/c1-2-3-6-14(13)8-10(4-5-10)7-9(11)12/h2-8H2,1H3,(H,11,12). The molecule has 0 aromatic carbocycles. The number of hydrogen-bond acceptors (Lipinski definition) is 2. The van der Waals surface area contributed by atoms with Gasteiger partial charge in [0.25, 0.3) is 0 Å². The molecule has 1 aliphatic rings. The Morgan fingerprint density at radius 1 is 1.50 bits per heavy atom. The molecule has 0 bridgehead atoms. The molecule has 0 saturated heterocycles.